The van der Waals surface area contributed by atoms with Gasteiger partial charge in [0.1, 0.15) is 5.60 Å². The van der Waals surface area contributed by atoms with Gasteiger partial charge in [-0.25, -0.2) is 9.36 Å². The van der Waals surface area contributed by atoms with E-state index >= 15 is 0 Å². The molecule has 0 aliphatic heterocycles. The van der Waals surface area contributed by atoms with Crippen LogP contribution in [-0.4, -0.2) is 40.3 Å². The Morgan fingerprint density at radius 3 is 2.70 bits per heavy atom. The number of nitrogens with zero attached hydrogens (tertiary/aromatic N) is 7. The van der Waals surface area contributed by atoms with E-state index in [1.54, 1.807) is 31.4 Å². The van der Waals surface area contributed by atoms with Gasteiger partial charge in [-0.3, -0.25) is 0 Å². The summed E-state index contributed by atoms with van der Waals surface area (Å²) in [7, 11) is 1.70. The number of aryl methyl sites for hydroxylation is 1. The third-order valence-corrected chi connectivity index (χ3v) is 4.03. The standard InChI is InChI=1S/C13H13Cl2N7O/c1-21-12(17-18-20-21)7-13(23,8-22-5-4-16-19-22)10-3-2-9(14)6-11(10)15/h2-6,23H,7-8H2,1H3. The number of halogens is 2. The van der Waals surface area contributed by atoms with Crippen LogP contribution in [0.1, 0.15) is 11.4 Å². The minimum Gasteiger partial charge on any atom is -0.383 e. The van der Waals surface area contributed by atoms with E-state index in [9.17, 15) is 5.11 Å². The smallest absolute Gasteiger partial charge is 0.154 e. The number of aliphatic hydroxyl groups is 1. The summed E-state index contributed by atoms with van der Waals surface area (Å²) in [6, 6.07) is 4.94. The van der Waals surface area contributed by atoms with Crippen molar-refractivity contribution in [3.63, 3.8) is 0 Å². The van der Waals surface area contributed by atoms with Crippen LogP contribution >= 0.6 is 23.2 Å². The summed E-state index contributed by atoms with van der Waals surface area (Å²) >= 11 is 12.2. The summed E-state index contributed by atoms with van der Waals surface area (Å²) in [6.45, 7) is 0.140. The van der Waals surface area contributed by atoms with Crippen LogP contribution in [0, 0.1) is 0 Å². The summed E-state index contributed by atoms with van der Waals surface area (Å²) < 4.78 is 3.02. The van der Waals surface area contributed by atoms with E-state index in [1.165, 1.54) is 15.6 Å². The summed E-state index contributed by atoms with van der Waals surface area (Å²) in [5.41, 5.74) is -0.861. The molecule has 1 N–H and O–H groups in total. The lowest BCUT2D eigenvalue weighted by molar-refractivity contribution is 0.0121. The van der Waals surface area contributed by atoms with Crippen LogP contribution in [0.5, 0.6) is 0 Å². The highest BCUT2D eigenvalue weighted by molar-refractivity contribution is 6.35. The Labute approximate surface area is 141 Å². The van der Waals surface area contributed by atoms with E-state index in [-0.39, 0.29) is 13.0 Å². The first-order chi connectivity index (χ1) is 11.0. The van der Waals surface area contributed by atoms with Gasteiger partial charge in [0, 0.05) is 35.3 Å². The SMILES string of the molecule is Cn1nnnc1CC(O)(Cn1ccnn1)c1ccc(Cl)cc1Cl. The molecule has 23 heavy (non-hydrogen) atoms. The van der Waals surface area contributed by atoms with Gasteiger partial charge in [-0.1, -0.05) is 34.5 Å². The lowest BCUT2D eigenvalue weighted by atomic mass is 9.89. The van der Waals surface area contributed by atoms with Crippen molar-refractivity contribution in [2.75, 3.05) is 0 Å². The Bertz CT molecular complexity index is 805. The molecule has 0 aliphatic rings. The van der Waals surface area contributed by atoms with E-state index in [0.29, 0.717) is 21.4 Å². The molecule has 3 rings (SSSR count). The molecular formula is C13H13Cl2N7O. The Balaban J connectivity index is 2.03. The Kier molecular flexibility index (Phi) is 4.29. The third-order valence-electron chi connectivity index (χ3n) is 3.49. The monoisotopic (exact) mass is 353 g/mol. The number of tetrazole rings is 1. The molecule has 0 fully saturated rings. The fraction of sp³-hybridized carbons (Fsp3) is 0.308. The molecule has 2 heterocycles. The molecule has 0 aliphatic carbocycles. The topological polar surface area (TPSA) is 94.5 Å². The summed E-state index contributed by atoms with van der Waals surface area (Å²) in [4.78, 5) is 0. The molecule has 2 aromatic heterocycles. The van der Waals surface area contributed by atoms with Crippen LogP contribution < -0.4 is 0 Å². The maximum absolute atomic E-state index is 11.3. The number of hydrogen-bond acceptors (Lipinski definition) is 6. The van der Waals surface area contributed by atoms with Gasteiger partial charge in [-0.2, -0.15) is 0 Å². The van der Waals surface area contributed by atoms with E-state index < -0.39 is 5.60 Å². The average molecular weight is 354 g/mol. The molecule has 1 aromatic carbocycles. The van der Waals surface area contributed by atoms with Crippen molar-refractivity contribution in [2.24, 2.45) is 7.05 Å². The van der Waals surface area contributed by atoms with Crippen LogP contribution in [0.25, 0.3) is 0 Å². The molecule has 0 saturated heterocycles. The van der Waals surface area contributed by atoms with E-state index in [0.717, 1.165) is 0 Å². The molecule has 1 atom stereocenters. The minimum atomic E-state index is -1.38. The van der Waals surface area contributed by atoms with Crippen LogP contribution in [0.2, 0.25) is 10.0 Å². The molecule has 0 radical (unpaired) electrons. The Hall–Kier alpha value is -2.03. The maximum Gasteiger partial charge on any atom is 0.154 e. The lowest BCUT2D eigenvalue weighted by Crippen LogP contribution is -2.35. The molecule has 0 spiro atoms. The van der Waals surface area contributed by atoms with Crippen molar-refractivity contribution in [3.05, 3.63) is 52.0 Å². The first-order valence-electron chi connectivity index (χ1n) is 6.71. The van der Waals surface area contributed by atoms with Gasteiger partial charge >= 0.3 is 0 Å². The molecular weight excluding hydrogens is 341 g/mol. The lowest BCUT2D eigenvalue weighted by Gasteiger charge is -2.28. The van der Waals surface area contributed by atoms with Gasteiger partial charge in [0.05, 0.1) is 12.7 Å². The van der Waals surface area contributed by atoms with Gasteiger partial charge in [-0.05, 0) is 22.6 Å². The van der Waals surface area contributed by atoms with Crippen LogP contribution in [0.15, 0.2) is 30.6 Å². The largest absolute Gasteiger partial charge is 0.383 e. The predicted octanol–water partition coefficient (Wildman–Crippen LogP) is 1.24. The first-order valence-corrected chi connectivity index (χ1v) is 7.47. The minimum absolute atomic E-state index is 0.140. The second kappa shape index (κ2) is 6.23. The van der Waals surface area contributed by atoms with Gasteiger partial charge in [-0.15, -0.1) is 10.2 Å². The van der Waals surface area contributed by atoms with E-state index in [2.05, 4.69) is 25.8 Å². The number of aromatic nitrogens is 7. The first kappa shape index (κ1) is 15.9. The predicted molar refractivity (Wildman–Crippen MR) is 82.9 cm³/mol. The number of benzene rings is 1. The molecule has 3 aromatic rings. The average Bonchev–Trinajstić information content (AvgIpc) is 3.11. The van der Waals surface area contributed by atoms with E-state index in [1.807, 2.05) is 0 Å². The van der Waals surface area contributed by atoms with Gasteiger partial charge in [0.25, 0.3) is 0 Å². The van der Waals surface area contributed by atoms with Crippen molar-refractivity contribution >= 4 is 23.2 Å². The third kappa shape index (κ3) is 3.34. The fourth-order valence-electron chi connectivity index (χ4n) is 2.35. The van der Waals surface area contributed by atoms with Gasteiger partial charge in [0.2, 0.25) is 0 Å². The zero-order chi connectivity index (χ0) is 16.4. The zero-order valence-corrected chi connectivity index (χ0v) is 13.6. The van der Waals surface area contributed by atoms with Gasteiger partial charge in [0.15, 0.2) is 5.82 Å². The second-order valence-electron chi connectivity index (χ2n) is 5.15. The van der Waals surface area contributed by atoms with Gasteiger partial charge < -0.3 is 5.11 Å². The molecule has 1 unspecified atom stereocenters. The van der Waals surface area contributed by atoms with Crippen molar-refractivity contribution in [1.29, 1.82) is 0 Å². The molecule has 8 nitrogen and oxygen atoms in total. The highest BCUT2D eigenvalue weighted by Gasteiger charge is 2.34. The molecule has 0 bridgehead atoms. The van der Waals surface area contributed by atoms with Crippen molar-refractivity contribution in [1.82, 2.24) is 35.2 Å². The van der Waals surface area contributed by atoms with Crippen LogP contribution in [0.4, 0.5) is 0 Å². The summed E-state index contributed by atoms with van der Waals surface area (Å²) in [5.74, 6) is 0.513. The molecule has 10 heteroatoms. The maximum atomic E-state index is 11.3. The normalized spacial score (nSPS) is 13.9. The van der Waals surface area contributed by atoms with Crippen LogP contribution in [0.3, 0.4) is 0 Å². The fourth-order valence-corrected chi connectivity index (χ4v) is 2.93. The number of rotatable bonds is 5. The van der Waals surface area contributed by atoms with E-state index in [4.69, 9.17) is 23.2 Å². The van der Waals surface area contributed by atoms with Crippen molar-refractivity contribution in [2.45, 2.75) is 18.6 Å². The summed E-state index contributed by atoms with van der Waals surface area (Å²) in [6.07, 6.45) is 3.34. The molecule has 120 valence electrons. The van der Waals surface area contributed by atoms with Crippen LogP contribution in [-0.2, 0) is 25.6 Å². The van der Waals surface area contributed by atoms with Crippen molar-refractivity contribution < 1.29 is 5.11 Å². The Morgan fingerprint density at radius 1 is 1.26 bits per heavy atom. The number of hydrogen-bond donors (Lipinski definition) is 1. The highest BCUT2D eigenvalue weighted by atomic mass is 35.5. The highest BCUT2D eigenvalue weighted by Crippen LogP contribution is 2.34. The second-order valence-corrected chi connectivity index (χ2v) is 6.00. The zero-order valence-electron chi connectivity index (χ0n) is 12.1. The molecule has 0 saturated carbocycles. The van der Waals surface area contributed by atoms with Crippen molar-refractivity contribution in [3.8, 4) is 0 Å². The molecule has 0 amide bonds. The quantitative estimate of drug-likeness (QED) is 0.741. The Morgan fingerprint density at radius 2 is 2.09 bits per heavy atom. The summed E-state index contributed by atoms with van der Waals surface area (Å²) in [5, 5.41) is 31.1.